The predicted molar refractivity (Wildman–Crippen MR) is 153 cm³/mol. The van der Waals surface area contributed by atoms with Crippen molar-refractivity contribution in [3.05, 3.63) is 77.6 Å². The number of nitrogens with zero attached hydrogens (tertiary/aromatic N) is 2. The van der Waals surface area contributed by atoms with Crippen molar-refractivity contribution < 1.29 is 30.8 Å². The molecule has 2 aromatic carbocycles. The van der Waals surface area contributed by atoms with E-state index in [1.165, 1.54) is 18.6 Å². The topological polar surface area (TPSA) is 90.9 Å². The molecule has 0 aromatic heterocycles. The third kappa shape index (κ3) is 7.03. The first kappa shape index (κ1) is 31.7. The lowest BCUT2D eigenvalue weighted by Crippen LogP contribution is -2.61. The van der Waals surface area contributed by atoms with Crippen molar-refractivity contribution in [2.75, 3.05) is 19.6 Å². The van der Waals surface area contributed by atoms with Gasteiger partial charge in [-0.25, -0.2) is 12.8 Å². The number of amidine groups is 1. The van der Waals surface area contributed by atoms with Crippen molar-refractivity contribution in [2.45, 2.75) is 62.7 Å². The smallest absolute Gasteiger partial charge is 0.354 e. The summed E-state index contributed by atoms with van der Waals surface area (Å²) in [5, 5.41) is 6.31. The number of carbonyl (C=O) groups is 1. The van der Waals surface area contributed by atoms with Crippen LogP contribution in [0.2, 0.25) is 0 Å². The molecule has 1 aliphatic carbocycles. The van der Waals surface area contributed by atoms with Gasteiger partial charge >= 0.3 is 6.18 Å². The summed E-state index contributed by atoms with van der Waals surface area (Å²) in [6, 6.07) is 8.59. The van der Waals surface area contributed by atoms with Gasteiger partial charge in [0.15, 0.2) is 0 Å². The number of benzene rings is 2. The van der Waals surface area contributed by atoms with Crippen LogP contribution in [0.1, 0.15) is 50.7 Å². The van der Waals surface area contributed by atoms with Gasteiger partial charge in [-0.05, 0) is 78.6 Å². The monoisotopic (exact) mass is 608 g/mol. The first-order chi connectivity index (χ1) is 19.7. The minimum absolute atomic E-state index is 0.0805. The van der Waals surface area contributed by atoms with E-state index in [1.54, 1.807) is 0 Å². The average Bonchev–Trinajstić information content (AvgIpc) is 3.37. The van der Waals surface area contributed by atoms with E-state index in [0.29, 0.717) is 29.4 Å². The van der Waals surface area contributed by atoms with Crippen molar-refractivity contribution in [1.29, 1.82) is 0 Å². The molecule has 1 amide bonds. The number of halogens is 4. The number of carbonyl (C=O) groups excluding carboxylic acids is 1. The molecule has 0 saturated heterocycles. The third-order valence-corrected chi connectivity index (χ3v) is 9.94. The van der Waals surface area contributed by atoms with Crippen molar-refractivity contribution >= 4 is 21.8 Å². The second-order valence-corrected chi connectivity index (χ2v) is 13.2. The van der Waals surface area contributed by atoms with Gasteiger partial charge in [-0.15, -0.1) is 0 Å². The van der Waals surface area contributed by atoms with E-state index in [2.05, 4.69) is 22.2 Å². The summed E-state index contributed by atoms with van der Waals surface area (Å²) in [6.07, 6.45) is -1.02. The van der Waals surface area contributed by atoms with Gasteiger partial charge in [0, 0.05) is 19.6 Å². The lowest BCUT2D eigenvalue weighted by Gasteiger charge is -2.34. The fraction of sp³-hybridized carbons (Fsp3) is 0.467. The molecule has 1 atom stereocenters. The van der Waals surface area contributed by atoms with Crippen LogP contribution >= 0.6 is 0 Å². The zero-order valence-corrected chi connectivity index (χ0v) is 24.5. The molecule has 1 aliphatic heterocycles. The lowest BCUT2D eigenvalue weighted by atomic mass is 9.83. The highest BCUT2D eigenvalue weighted by Gasteiger charge is 2.46. The number of sulfonamides is 1. The maximum atomic E-state index is 13.5. The number of amides is 1. The summed E-state index contributed by atoms with van der Waals surface area (Å²) >= 11 is 0. The quantitative estimate of drug-likeness (QED) is 0.321. The van der Waals surface area contributed by atoms with Crippen LogP contribution in [0, 0.1) is 17.7 Å². The van der Waals surface area contributed by atoms with E-state index in [4.69, 9.17) is 0 Å². The highest BCUT2D eigenvalue weighted by Crippen LogP contribution is 2.30. The molecular weight excluding hydrogens is 572 g/mol. The number of hydrogen-bond acceptors (Lipinski definition) is 5. The normalized spacial score (nSPS) is 19.4. The second kappa shape index (κ2) is 12.5. The molecule has 2 aliphatic rings. The number of rotatable bonds is 12. The predicted octanol–water partition coefficient (Wildman–Crippen LogP) is 5.29. The molecule has 0 radical (unpaired) electrons. The Bertz CT molecular complexity index is 1420. The van der Waals surface area contributed by atoms with Crippen molar-refractivity contribution in [2.24, 2.45) is 16.8 Å². The molecule has 4 rings (SSSR count). The van der Waals surface area contributed by atoms with E-state index < -0.39 is 33.1 Å². The lowest BCUT2D eigenvalue weighted by molar-refractivity contribution is -0.137. The third-order valence-electron chi connectivity index (χ3n) is 8.08. The largest absolute Gasteiger partial charge is 0.416 e. The van der Waals surface area contributed by atoms with Gasteiger partial charge in [0.1, 0.15) is 17.2 Å². The van der Waals surface area contributed by atoms with Crippen LogP contribution in [0.4, 0.5) is 17.6 Å². The molecule has 2 aromatic rings. The van der Waals surface area contributed by atoms with Gasteiger partial charge < -0.3 is 10.6 Å². The van der Waals surface area contributed by atoms with Crippen LogP contribution in [-0.2, 0) is 27.5 Å². The Hall–Kier alpha value is -3.25. The minimum atomic E-state index is -4.52. The van der Waals surface area contributed by atoms with Crippen LogP contribution in [0.15, 0.2) is 70.6 Å². The molecule has 12 heteroatoms. The Kier molecular flexibility index (Phi) is 9.46. The Morgan fingerprint density at radius 1 is 1.14 bits per heavy atom. The minimum Gasteiger partial charge on any atom is -0.354 e. The average molecular weight is 609 g/mol. The Balaban J connectivity index is 1.48. The molecule has 228 valence electrons. The zero-order chi connectivity index (χ0) is 30.7. The first-order valence-corrected chi connectivity index (χ1v) is 15.4. The molecule has 0 spiro atoms. The SMILES string of the molecule is C=C(CCN(Cc1ccc(C(F)(F)F)cc1)S(=O)(=O)c1ccc(F)cc1)C1=NCC(C(=O)NCC2CCC2)(C(C)C)N1. The standard InChI is InChI=1S/C30H36F4N4O3S/c1-20(2)29(28(39)35-17-22-5-4-6-22)19-36-27(37-29)21(3)15-16-38(42(40,41)26-13-11-25(31)12-14-26)18-23-7-9-24(10-8-23)30(32,33)34/h7-14,20,22H,3-6,15-19H2,1-2H3,(H,35,39)(H,36,37). The van der Waals surface area contributed by atoms with Crippen LogP contribution in [0.3, 0.4) is 0 Å². The Morgan fingerprint density at radius 3 is 2.33 bits per heavy atom. The maximum Gasteiger partial charge on any atom is 0.416 e. The highest BCUT2D eigenvalue weighted by atomic mass is 32.2. The van der Waals surface area contributed by atoms with Gasteiger partial charge in [-0.1, -0.05) is 39.0 Å². The van der Waals surface area contributed by atoms with Gasteiger partial charge in [0.25, 0.3) is 0 Å². The molecule has 42 heavy (non-hydrogen) atoms. The number of nitrogens with one attached hydrogen (secondary N) is 2. The summed E-state index contributed by atoms with van der Waals surface area (Å²) in [4.78, 5) is 17.6. The summed E-state index contributed by atoms with van der Waals surface area (Å²) in [5.41, 5.74) is -0.973. The van der Waals surface area contributed by atoms with E-state index in [0.717, 1.165) is 53.5 Å². The van der Waals surface area contributed by atoms with Crippen molar-refractivity contribution in [3.8, 4) is 0 Å². The van der Waals surface area contributed by atoms with Gasteiger partial charge in [0.2, 0.25) is 15.9 Å². The molecule has 0 bridgehead atoms. The summed E-state index contributed by atoms with van der Waals surface area (Å²) in [7, 11) is -4.16. The van der Waals surface area contributed by atoms with Crippen molar-refractivity contribution in [1.82, 2.24) is 14.9 Å². The summed E-state index contributed by atoms with van der Waals surface area (Å²) in [6.45, 7) is 8.46. The van der Waals surface area contributed by atoms with Crippen LogP contribution < -0.4 is 10.6 Å². The second-order valence-electron chi connectivity index (χ2n) is 11.3. The molecule has 2 N–H and O–H groups in total. The summed E-state index contributed by atoms with van der Waals surface area (Å²) in [5.74, 6) is 0.0683. The Labute approximate surface area is 244 Å². The number of aliphatic imine (C=N–C) groups is 1. The summed E-state index contributed by atoms with van der Waals surface area (Å²) < 4.78 is 80.8. The zero-order valence-electron chi connectivity index (χ0n) is 23.7. The fourth-order valence-corrected chi connectivity index (χ4v) is 6.35. The number of hydrogen-bond donors (Lipinski definition) is 2. The van der Waals surface area contributed by atoms with Gasteiger partial charge in [-0.2, -0.15) is 17.5 Å². The molecule has 1 unspecified atom stereocenters. The van der Waals surface area contributed by atoms with E-state index in [1.807, 2.05) is 13.8 Å². The molecule has 7 nitrogen and oxygen atoms in total. The van der Waals surface area contributed by atoms with Crippen LogP contribution in [-0.4, -0.2) is 49.6 Å². The fourth-order valence-electron chi connectivity index (χ4n) is 4.92. The molecular formula is C30H36F4N4O3S. The van der Waals surface area contributed by atoms with Crippen molar-refractivity contribution in [3.63, 3.8) is 0 Å². The Morgan fingerprint density at radius 2 is 1.79 bits per heavy atom. The molecule has 1 fully saturated rings. The molecule has 1 saturated carbocycles. The van der Waals surface area contributed by atoms with Crippen LogP contribution in [0.25, 0.3) is 0 Å². The highest BCUT2D eigenvalue weighted by molar-refractivity contribution is 7.89. The van der Waals surface area contributed by atoms with Crippen LogP contribution in [0.5, 0.6) is 0 Å². The van der Waals surface area contributed by atoms with E-state index in [9.17, 15) is 30.8 Å². The van der Waals surface area contributed by atoms with E-state index in [-0.39, 0.29) is 42.8 Å². The van der Waals surface area contributed by atoms with E-state index >= 15 is 0 Å². The molecule has 1 heterocycles. The van der Waals surface area contributed by atoms with Gasteiger partial charge in [0.05, 0.1) is 17.0 Å². The first-order valence-electron chi connectivity index (χ1n) is 13.9. The van der Waals surface area contributed by atoms with Gasteiger partial charge in [-0.3, -0.25) is 9.79 Å². The maximum absolute atomic E-state index is 13.5. The number of alkyl halides is 3.